The number of hydrogen-bond acceptors (Lipinski definition) is 5. The quantitative estimate of drug-likeness (QED) is 0.581. The summed E-state index contributed by atoms with van der Waals surface area (Å²) in [5.41, 5.74) is 0.472. The van der Waals surface area contributed by atoms with Crippen molar-refractivity contribution < 1.29 is 19.2 Å². The van der Waals surface area contributed by atoms with Crippen molar-refractivity contribution in [1.82, 2.24) is 14.7 Å². The van der Waals surface area contributed by atoms with E-state index in [1.165, 1.54) is 4.90 Å². The standard InChI is InChI=1S/C16H19ClN4O4/c1-3-8-20-14(23)15(24)21(16(20)25)10-19(2)9-13(22)18-12-7-5-4-6-11(12)17/h4-7H,3,8-10H2,1-2H3,(H,18,22). The Balaban J connectivity index is 1.93. The highest BCUT2D eigenvalue weighted by Gasteiger charge is 2.44. The van der Waals surface area contributed by atoms with E-state index in [-0.39, 0.29) is 25.7 Å². The molecule has 1 aliphatic rings. The van der Waals surface area contributed by atoms with Crippen LogP contribution in [0.25, 0.3) is 0 Å². The number of rotatable bonds is 7. The van der Waals surface area contributed by atoms with Crippen LogP contribution in [0.3, 0.4) is 0 Å². The third-order valence-corrected chi connectivity index (χ3v) is 3.86. The van der Waals surface area contributed by atoms with Crippen molar-refractivity contribution in [1.29, 1.82) is 0 Å². The third-order valence-electron chi connectivity index (χ3n) is 3.53. The summed E-state index contributed by atoms with van der Waals surface area (Å²) in [7, 11) is 1.57. The second-order valence-corrected chi connectivity index (χ2v) is 6.06. The van der Waals surface area contributed by atoms with E-state index in [9.17, 15) is 19.2 Å². The van der Waals surface area contributed by atoms with Crippen LogP contribution in [-0.4, -0.2) is 65.3 Å². The minimum absolute atomic E-state index is 0.0791. The predicted octanol–water partition coefficient (Wildman–Crippen LogP) is 1.37. The lowest BCUT2D eigenvalue weighted by Crippen LogP contribution is -2.43. The fraction of sp³-hybridized carbons (Fsp3) is 0.375. The maximum atomic E-state index is 12.1. The number of nitrogens with zero attached hydrogens (tertiary/aromatic N) is 3. The van der Waals surface area contributed by atoms with Gasteiger partial charge < -0.3 is 5.32 Å². The predicted molar refractivity (Wildman–Crippen MR) is 91.8 cm³/mol. The van der Waals surface area contributed by atoms with E-state index in [2.05, 4.69) is 5.32 Å². The molecule has 1 heterocycles. The maximum Gasteiger partial charge on any atom is 0.335 e. The van der Waals surface area contributed by atoms with Crippen LogP contribution < -0.4 is 5.32 Å². The van der Waals surface area contributed by atoms with E-state index in [4.69, 9.17) is 11.6 Å². The SMILES string of the molecule is CCCN1C(=O)C(=O)N(CN(C)CC(=O)Nc2ccccc2Cl)C1=O. The number of carbonyl (C=O) groups is 4. The topological polar surface area (TPSA) is 90.0 Å². The molecule has 2 rings (SSSR count). The van der Waals surface area contributed by atoms with Crippen molar-refractivity contribution in [2.45, 2.75) is 13.3 Å². The van der Waals surface area contributed by atoms with Gasteiger partial charge in [-0.1, -0.05) is 30.7 Å². The number of hydrogen-bond donors (Lipinski definition) is 1. The average molecular weight is 367 g/mol. The Hall–Kier alpha value is -2.45. The van der Waals surface area contributed by atoms with Gasteiger partial charge in [0.2, 0.25) is 5.91 Å². The van der Waals surface area contributed by atoms with Gasteiger partial charge in [-0.05, 0) is 25.6 Å². The van der Waals surface area contributed by atoms with Gasteiger partial charge >= 0.3 is 17.8 Å². The molecule has 25 heavy (non-hydrogen) atoms. The van der Waals surface area contributed by atoms with E-state index < -0.39 is 17.8 Å². The zero-order valence-corrected chi connectivity index (χ0v) is 14.7. The molecule has 1 N–H and O–H groups in total. The molecule has 5 amide bonds. The highest BCUT2D eigenvalue weighted by Crippen LogP contribution is 2.20. The Labute approximate surface area is 150 Å². The van der Waals surface area contributed by atoms with Crippen molar-refractivity contribution in [2.75, 3.05) is 32.1 Å². The van der Waals surface area contributed by atoms with Gasteiger partial charge in [0.15, 0.2) is 0 Å². The van der Waals surface area contributed by atoms with Gasteiger partial charge in [0.1, 0.15) is 0 Å². The summed E-state index contributed by atoms with van der Waals surface area (Å²) in [4.78, 5) is 51.1. The number of benzene rings is 1. The number of carbonyl (C=O) groups excluding carboxylic acids is 4. The number of halogens is 1. The second kappa shape index (κ2) is 8.09. The van der Waals surface area contributed by atoms with Crippen molar-refractivity contribution >= 4 is 41.0 Å². The molecule has 0 radical (unpaired) electrons. The summed E-state index contributed by atoms with van der Waals surface area (Å²) in [6.07, 6.45) is 0.564. The zero-order valence-electron chi connectivity index (χ0n) is 14.0. The van der Waals surface area contributed by atoms with Gasteiger partial charge in [0.05, 0.1) is 23.9 Å². The first-order valence-electron chi connectivity index (χ1n) is 7.75. The molecule has 0 bridgehead atoms. The first-order valence-corrected chi connectivity index (χ1v) is 8.13. The third kappa shape index (κ3) is 4.34. The highest BCUT2D eigenvalue weighted by molar-refractivity contribution is 6.44. The fourth-order valence-electron chi connectivity index (χ4n) is 2.38. The van der Waals surface area contributed by atoms with Crippen LogP contribution in [0.1, 0.15) is 13.3 Å². The summed E-state index contributed by atoms with van der Waals surface area (Å²) >= 11 is 5.97. The van der Waals surface area contributed by atoms with E-state index in [1.807, 2.05) is 0 Å². The summed E-state index contributed by atoms with van der Waals surface area (Å²) in [6.45, 7) is 1.76. The monoisotopic (exact) mass is 366 g/mol. The molecular formula is C16H19ClN4O4. The number of anilines is 1. The van der Waals surface area contributed by atoms with Gasteiger partial charge in [-0.2, -0.15) is 0 Å². The molecule has 0 aromatic heterocycles. The molecule has 1 aromatic rings. The maximum absolute atomic E-state index is 12.1. The Morgan fingerprint density at radius 3 is 2.44 bits per heavy atom. The van der Waals surface area contributed by atoms with Gasteiger partial charge in [0, 0.05) is 6.54 Å². The molecule has 0 aliphatic carbocycles. The van der Waals surface area contributed by atoms with Gasteiger partial charge in [-0.15, -0.1) is 0 Å². The molecule has 1 saturated heterocycles. The Kier molecular flexibility index (Phi) is 6.11. The number of para-hydroxylation sites is 1. The largest absolute Gasteiger partial charge is 0.335 e. The average Bonchev–Trinajstić information content (AvgIpc) is 2.75. The number of likely N-dealkylation sites (N-methyl/N-ethyl adjacent to an activating group) is 1. The fourth-order valence-corrected chi connectivity index (χ4v) is 2.57. The van der Waals surface area contributed by atoms with Crippen LogP contribution in [0.5, 0.6) is 0 Å². The van der Waals surface area contributed by atoms with Crippen LogP contribution in [0.15, 0.2) is 24.3 Å². The van der Waals surface area contributed by atoms with Crippen LogP contribution in [0.4, 0.5) is 10.5 Å². The molecule has 8 nitrogen and oxygen atoms in total. The Morgan fingerprint density at radius 1 is 1.16 bits per heavy atom. The molecule has 0 spiro atoms. The van der Waals surface area contributed by atoms with Crippen molar-refractivity contribution in [3.63, 3.8) is 0 Å². The van der Waals surface area contributed by atoms with E-state index >= 15 is 0 Å². The van der Waals surface area contributed by atoms with Crippen molar-refractivity contribution in [3.8, 4) is 0 Å². The first kappa shape index (κ1) is 18.9. The normalized spacial score (nSPS) is 14.6. The second-order valence-electron chi connectivity index (χ2n) is 5.66. The molecule has 0 unspecified atom stereocenters. The lowest BCUT2D eigenvalue weighted by molar-refractivity contribution is -0.144. The van der Waals surface area contributed by atoms with Crippen LogP contribution in [-0.2, 0) is 14.4 Å². The number of imide groups is 2. The van der Waals surface area contributed by atoms with Crippen LogP contribution in [0, 0.1) is 0 Å². The highest BCUT2D eigenvalue weighted by atomic mass is 35.5. The van der Waals surface area contributed by atoms with Gasteiger partial charge in [-0.3, -0.25) is 24.2 Å². The summed E-state index contributed by atoms with van der Waals surface area (Å²) in [6, 6.07) is 6.13. The summed E-state index contributed by atoms with van der Waals surface area (Å²) in [5, 5.41) is 3.05. The minimum atomic E-state index is -0.878. The van der Waals surface area contributed by atoms with Crippen LogP contribution >= 0.6 is 11.6 Å². The number of nitrogens with one attached hydrogen (secondary N) is 1. The molecule has 1 aliphatic heterocycles. The lowest BCUT2D eigenvalue weighted by atomic mass is 10.3. The van der Waals surface area contributed by atoms with E-state index in [1.54, 1.807) is 38.2 Å². The Bertz CT molecular complexity index is 709. The minimum Gasteiger partial charge on any atom is -0.324 e. The van der Waals surface area contributed by atoms with Crippen molar-refractivity contribution in [2.24, 2.45) is 0 Å². The molecule has 0 atom stereocenters. The van der Waals surface area contributed by atoms with Crippen LogP contribution in [0.2, 0.25) is 5.02 Å². The summed E-state index contributed by atoms with van der Waals surface area (Å²) in [5.74, 6) is -2.07. The Morgan fingerprint density at radius 2 is 1.80 bits per heavy atom. The van der Waals surface area contributed by atoms with E-state index in [0.717, 1.165) is 9.80 Å². The van der Waals surface area contributed by atoms with Crippen molar-refractivity contribution in [3.05, 3.63) is 29.3 Å². The van der Waals surface area contributed by atoms with E-state index in [0.29, 0.717) is 17.1 Å². The molecule has 1 fully saturated rings. The zero-order chi connectivity index (χ0) is 18.6. The van der Waals surface area contributed by atoms with Gasteiger partial charge in [0.25, 0.3) is 0 Å². The molecule has 0 saturated carbocycles. The molecular weight excluding hydrogens is 348 g/mol. The molecule has 1 aromatic carbocycles. The number of urea groups is 1. The van der Waals surface area contributed by atoms with Gasteiger partial charge in [-0.25, -0.2) is 9.69 Å². The lowest BCUT2D eigenvalue weighted by Gasteiger charge is -2.22. The number of amides is 5. The molecule has 134 valence electrons. The summed E-state index contributed by atoms with van der Waals surface area (Å²) < 4.78 is 0. The molecule has 9 heteroatoms. The first-order chi connectivity index (χ1) is 11.8. The smallest absolute Gasteiger partial charge is 0.324 e.